The highest BCUT2D eigenvalue weighted by atomic mass is 16.2. The summed E-state index contributed by atoms with van der Waals surface area (Å²) in [7, 11) is 0. The van der Waals surface area contributed by atoms with Crippen molar-refractivity contribution in [2.45, 2.75) is 46.5 Å². The average Bonchev–Trinajstić information content (AvgIpc) is 2.99. The highest BCUT2D eigenvalue weighted by molar-refractivity contribution is 5.96. The Kier molecular flexibility index (Phi) is 4.74. The predicted molar refractivity (Wildman–Crippen MR) is 94.3 cm³/mol. The molecule has 1 saturated heterocycles. The number of likely N-dealkylation sites (tertiary alicyclic amines) is 1. The second-order valence-electron chi connectivity index (χ2n) is 6.98. The Morgan fingerprint density at radius 3 is 2.60 bits per heavy atom. The first-order valence-corrected chi connectivity index (χ1v) is 8.79. The van der Waals surface area contributed by atoms with E-state index in [1.807, 2.05) is 18.7 Å². The van der Waals surface area contributed by atoms with E-state index in [1.165, 1.54) is 0 Å². The summed E-state index contributed by atoms with van der Waals surface area (Å²) in [5.74, 6) is 0.325. The van der Waals surface area contributed by atoms with E-state index in [-0.39, 0.29) is 11.6 Å². The molecule has 0 bridgehead atoms. The molecule has 7 heteroatoms. The molecule has 25 heavy (non-hydrogen) atoms. The zero-order valence-corrected chi connectivity index (χ0v) is 15.1. The van der Waals surface area contributed by atoms with E-state index in [1.54, 1.807) is 10.7 Å². The number of hydrogen-bond donors (Lipinski definition) is 1. The number of carbonyl (C=O) groups is 2. The molecule has 0 saturated carbocycles. The van der Waals surface area contributed by atoms with Crippen LogP contribution >= 0.6 is 0 Å². The lowest BCUT2D eigenvalue weighted by Gasteiger charge is -2.30. The maximum absolute atomic E-state index is 12.5. The average molecular weight is 343 g/mol. The number of piperidine rings is 1. The minimum Gasteiger partial charge on any atom is -0.364 e. The molecule has 0 aromatic carbocycles. The third kappa shape index (κ3) is 3.36. The second kappa shape index (κ2) is 6.82. The normalized spacial score (nSPS) is 15.7. The lowest BCUT2D eigenvalue weighted by atomic mass is 9.98. The highest BCUT2D eigenvalue weighted by Gasteiger charge is 2.21. The van der Waals surface area contributed by atoms with Gasteiger partial charge in [-0.15, -0.1) is 0 Å². The van der Waals surface area contributed by atoms with Gasteiger partial charge in [0.25, 0.3) is 5.91 Å². The minimum absolute atomic E-state index is 0.177. The van der Waals surface area contributed by atoms with E-state index in [0.29, 0.717) is 24.4 Å². The number of carbonyl (C=O) groups excluding carboxylic acids is 2. The van der Waals surface area contributed by atoms with Crippen LogP contribution < -0.4 is 5.73 Å². The standard InChI is InChI=1S/C18H25N5O2/c1-11-6-8-22(9-7-11)15(24)5-4-14-12(2)21-18-16(17(19)25)20-10-23(18)13(14)3/h10-11H,4-9H2,1-3H3,(H2,19,25). The maximum Gasteiger partial charge on any atom is 0.271 e. The first-order chi connectivity index (χ1) is 11.9. The Hall–Kier alpha value is -2.44. The third-order valence-corrected chi connectivity index (χ3v) is 5.21. The van der Waals surface area contributed by atoms with Gasteiger partial charge in [-0.3, -0.25) is 14.0 Å². The number of aryl methyl sites for hydroxylation is 2. The van der Waals surface area contributed by atoms with Crippen molar-refractivity contribution in [3.05, 3.63) is 29.0 Å². The number of amides is 2. The van der Waals surface area contributed by atoms with Gasteiger partial charge in [0.2, 0.25) is 5.91 Å². The Morgan fingerprint density at radius 2 is 1.96 bits per heavy atom. The van der Waals surface area contributed by atoms with Crippen molar-refractivity contribution in [1.82, 2.24) is 19.3 Å². The van der Waals surface area contributed by atoms with Crippen LogP contribution in [0, 0.1) is 19.8 Å². The summed E-state index contributed by atoms with van der Waals surface area (Å²) in [6.07, 6.45) is 4.84. The van der Waals surface area contributed by atoms with Gasteiger partial charge in [-0.2, -0.15) is 0 Å². The molecule has 0 aliphatic carbocycles. The molecule has 0 spiro atoms. The Balaban J connectivity index is 1.77. The molecular formula is C18H25N5O2. The van der Waals surface area contributed by atoms with Gasteiger partial charge in [0.1, 0.15) is 6.33 Å². The van der Waals surface area contributed by atoms with Crippen molar-refractivity contribution in [2.24, 2.45) is 11.7 Å². The van der Waals surface area contributed by atoms with Crippen LogP contribution in [-0.4, -0.2) is 44.2 Å². The summed E-state index contributed by atoms with van der Waals surface area (Å²) >= 11 is 0. The van der Waals surface area contributed by atoms with Crippen LogP contribution in [0.25, 0.3) is 5.65 Å². The van der Waals surface area contributed by atoms with Crippen LogP contribution in [0.15, 0.2) is 6.33 Å². The van der Waals surface area contributed by atoms with Gasteiger partial charge in [-0.1, -0.05) is 6.92 Å². The molecule has 1 aliphatic rings. The van der Waals surface area contributed by atoms with Crippen molar-refractivity contribution >= 4 is 17.5 Å². The molecule has 1 aliphatic heterocycles. The summed E-state index contributed by atoms with van der Waals surface area (Å²) in [6, 6.07) is 0. The number of nitrogens with zero attached hydrogens (tertiary/aromatic N) is 4. The smallest absolute Gasteiger partial charge is 0.271 e. The van der Waals surface area contributed by atoms with Crippen molar-refractivity contribution in [3.8, 4) is 0 Å². The first kappa shape index (κ1) is 17.4. The van der Waals surface area contributed by atoms with Crippen molar-refractivity contribution in [3.63, 3.8) is 0 Å². The second-order valence-corrected chi connectivity index (χ2v) is 6.98. The number of primary amides is 1. The molecule has 3 rings (SSSR count). The molecule has 2 aromatic rings. The van der Waals surface area contributed by atoms with Gasteiger partial charge in [0, 0.05) is 30.9 Å². The molecule has 1 fully saturated rings. The third-order valence-electron chi connectivity index (χ3n) is 5.21. The van der Waals surface area contributed by atoms with Gasteiger partial charge in [0.15, 0.2) is 11.3 Å². The number of hydrogen-bond acceptors (Lipinski definition) is 4. The number of fused-ring (bicyclic) bond motifs is 1. The van der Waals surface area contributed by atoms with Gasteiger partial charge in [-0.05, 0) is 44.6 Å². The molecule has 2 N–H and O–H groups in total. The largest absolute Gasteiger partial charge is 0.364 e. The van der Waals surface area contributed by atoms with E-state index < -0.39 is 5.91 Å². The van der Waals surface area contributed by atoms with E-state index in [9.17, 15) is 9.59 Å². The lowest BCUT2D eigenvalue weighted by Crippen LogP contribution is -2.38. The molecule has 7 nitrogen and oxygen atoms in total. The molecule has 134 valence electrons. The molecule has 0 unspecified atom stereocenters. The minimum atomic E-state index is -0.587. The van der Waals surface area contributed by atoms with Gasteiger partial charge < -0.3 is 10.6 Å². The van der Waals surface area contributed by atoms with Crippen LogP contribution in [0.2, 0.25) is 0 Å². The fourth-order valence-electron chi connectivity index (χ4n) is 3.51. The molecule has 2 amide bonds. The summed E-state index contributed by atoms with van der Waals surface area (Å²) in [6.45, 7) is 7.81. The monoisotopic (exact) mass is 343 g/mol. The summed E-state index contributed by atoms with van der Waals surface area (Å²) in [5.41, 5.74) is 8.79. The summed E-state index contributed by atoms with van der Waals surface area (Å²) in [5, 5.41) is 0. The Labute approximate surface area is 147 Å². The van der Waals surface area contributed by atoms with Gasteiger partial charge in [0.05, 0.1) is 0 Å². The van der Waals surface area contributed by atoms with Gasteiger partial charge in [-0.25, -0.2) is 9.97 Å². The van der Waals surface area contributed by atoms with E-state index >= 15 is 0 Å². The SMILES string of the molecule is Cc1nc2c(C(N)=O)ncn2c(C)c1CCC(=O)N1CCC(C)CC1. The fraction of sp³-hybridized carbons (Fsp3) is 0.556. The predicted octanol–water partition coefficient (Wildman–Crippen LogP) is 1.64. The molecule has 3 heterocycles. The van der Waals surface area contributed by atoms with Crippen molar-refractivity contribution < 1.29 is 9.59 Å². The van der Waals surface area contributed by atoms with E-state index in [2.05, 4.69) is 16.9 Å². The van der Waals surface area contributed by atoms with E-state index in [4.69, 9.17) is 5.73 Å². The quantitative estimate of drug-likeness (QED) is 0.913. The molecular weight excluding hydrogens is 318 g/mol. The van der Waals surface area contributed by atoms with Crippen LogP contribution in [0.5, 0.6) is 0 Å². The van der Waals surface area contributed by atoms with Crippen molar-refractivity contribution in [1.29, 1.82) is 0 Å². The van der Waals surface area contributed by atoms with Crippen molar-refractivity contribution in [2.75, 3.05) is 13.1 Å². The fourth-order valence-corrected chi connectivity index (χ4v) is 3.51. The van der Waals surface area contributed by atoms with Crippen LogP contribution in [0.1, 0.15) is 53.6 Å². The van der Waals surface area contributed by atoms with Crippen LogP contribution in [0.4, 0.5) is 0 Å². The van der Waals surface area contributed by atoms with Gasteiger partial charge >= 0.3 is 0 Å². The molecule has 2 aromatic heterocycles. The zero-order valence-electron chi connectivity index (χ0n) is 15.1. The summed E-state index contributed by atoms with van der Waals surface area (Å²) < 4.78 is 1.77. The zero-order chi connectivity index (χ0) is 18.1. The van der Waals surface area contributed by atoms with E-state index in [0.717, 1.165) is 42.9 Å². The Morgan fingerprint density at radius 1 is 1.28 bits per heavy atom. The molecule has 0 atom stereocenters. The number of imidazole rings is 1. The van der Waals surface area contributed by atoms with Crippen LogP contribution in [0.3, 0.4) is 0 Å². The maximum atomic E-state index is 12.5. The topological polar surface area (TPSA) is 93.6 Å². The number of nitrogens with two attached hydrogens (primary N) is 1. The summed E-state index contributed by atoms with van der Waals surface area (Å²) in [4.78, 5) is 34.5. The number of aromatic nitrogens is 3. The van der Waals surface area contributed by atoms with Crippen LogP contribution in [-0.2, 0) is 11.2 Å². The first-order valence-electron chi connectivity index (χ1n) is 8.79. The molecule has 0 radical (unpaired) electrons. The number of rotatable bonds is 4. The lowest BCUT2D eigenvalue weighted by molar-refractivity contribution is -0.132. The Bertz CT molecular complexity index is 818. The highest BCUT2D eigenvalue weighted by Crippen LogP contribution is 2.20.